The smallest absolute Gasteiger partial charge is 0.296 e. The minimum absolute atomic E-state index is 0.0333. The van der Waals surface area contributed by atoms with E-state index < -0.39 is 17.7 Å². The number of carbonyl (C=O) groups excluding carboxylic acids is 2. The highest BCUT2D eigenvalue weighted by Crippen LogP contribution is 2.41. The van der Waals surface area contributed by atoms with E-state index in [0.717, 1.165) is 11.1 Å². The van der Waals surface area contributed by atoms with Crippen LogP contribution < -0.4 is 4.74 Å². The third kappa shape index (κ3) is 4.22. The molecule has 0 saturated carbocycles. The molecule has 2 aromatic carbocycles. The number of hydrogen-bond donors (Lipinski definition) is 1. The molecule has 33 heavy (non-hydrogen) atoms. The molecule has 1 aliphatic rings. The second-order valence-electron chi connectivity index (χ2n) is 7.94. The molecule has 7 heteroatoms. The highest BCUT2D eigenvalue weighted by molar-refractivity contribution is 6.46. The Kier molecular flexibility index (Phi) is 6.20. The van der Waals surface area contributed by atoms with Gasteiger partial charge in [-0.3, -0.25) is 14.6 Å². The van der Waals surface area contributed by atoms with Gasteiger partial charge >= 0.3 is 0 Å². The number of nitrogens with zero attached hydrogens (tertiary/aromatic N) is 2. The fraction of sp³-hybridized carbons (Fsp3) is 0.192. The first-order valence-electron chi connectivity index (χ1n) is 10.4. The van der Waals surface area contributed by atoms with Crippen LogP contribution in [-0.4, -0.2) is 33.8 Å². The number of ether oxygens (including phenoxy) is 1. The fourth-order valence-corrected chi connectivity index (χ4v) is 4.24. The van der Waals surface area contributed by atoms with Crippen LogP contribution in [0.25, 0.3) is 5.76 Å². The van der Waals surface area contributed by atoms with Crippen molar-refractivity contribution in [3.63, 3.8) is 0 Å². The molecule has 1 amide bonds. The summed E-state index contributed by atoms with van der Waals surface area (Å²) in [6.07, 6.45) is 1.63. The molecule has 0 spiro atoms. The number of amides is 1. The van der Waals surface area contributed by atoms with Crippen molar-refractivity contribution >= 4 is 29.1 Å². The van der Waals surface area contributed by atoms with Crippen molar-refractivity contribution in [2.45, 2.75) is 26.4 Å². The van der Waals surface area contributed by atoms with Crippen LogP contribution in [-0.2, 0) is 16.1 Å². The largest absolute Gasteiger partial charge is 0.507 e. The van der Waals surface area contributed by atoms with E-state index in [4.69, 9.17) is 16.3 Å². The molecule has 6 nitrogen and oxygen atoms in total. The molecule has 1 saturated heterocycles. The van der Waals surface area contributed by atoms with Crippen LogP contribution in [0.4, 0.5) is 0 Å². The molecule has 4 rings (SSSR count). The number of ketones is 1. The number of hydrogen-bond acceptors (Lipinski definition) is 5. The summed E-state index contributed by atoms with van der Waals surface area (Å²) >= 11 is 6.07. The molecular formula is C26H23ClN2O4. The average Bonchev–Trinajstić information content (AvgIpc) is 3.06. The third-order valence-corrected chi connectivity index (χ3v) is 6.03. The lowest BCUT2D eigenvalue weighted by atomic mass is 9.93. The number of likely N-dealkylation sites (tertiary alicyclic amines) is 1. The number of benzene rings is 2. The molecule has 1 N–H and O–H groups in total. The monoisotopic (exact) mass is 462 g/mol. The van der Waals surface area contributed by atoms with E-state index in [2.05, 4.69) is 4.98 Å². The standard InChI is InChI=1S/C26H23ClN2O4/c1-15-13-21(33-3)16(2)12-20(15)24(30)22-23(17-7-9-18(27)10-8-17)29(26(32)25(22)31)14-19-6-4-5-11-28-19/h4-13,23,30H,14H2,1-3H3/b24-22+. The minimum Gasteiger partial charge on any atom is -0.507 e. The molecule has 3 aromatic rings. The number of halogens is 1. The lowest BCUT2D eigenvalue weighted by Gasteiger charge is -2.25. The van der Waals surface area contributed by atoms with Crippen LogP contribution in [0.3, 0.4) is 0 Å². The van der Waals surface area contributed by atoms with E-state index in [1.165, 1.54) is 4.90 Å². The number of aliphatic hydroxyl groups excluding tert-OH is 1. The van der Waals surface area contributed by atoms with Gasteiger partial charge in [0.1, 0.15) is 11.5 Å². The van der Waals surface area contributed by atoms with Gasteiger partial charge in [-0.15, -0.1) is 0 Å². The maximum Gasteiger partial charge on any atom is 0.296 e. The summed E-state index contributed by atoms with van der Waals surface area (Å²) in [6, 6.07) is 15.1. The van der Waals surface area contributed by atoms with Gasteiger partial charge in [0, 0.05) is 16.8 Å². The van der Waals surface area contributed by atoms with Crippen molar-refractivity contribution in [2.75, 3.05) is 7.11 Å². The molecule has 1 aromatic heterocycles. The molecule has 2 heterocycles. The first-order chi connectivity index (χ1) is 15.8. The number of carbonyl (C=O) groups is 2. The van der Waals surface area contributed by atoms with E-state index in [9.17, 15) is 14.7 Å². The summed E-state index contributed by atoms with van der Waals surface area (Å²) in [4.78, 5) is 32.1. The van der Waals surface area contributed by atoms with Crippen molar-refractivity contribution in [1.29, 1.82) is 0 Å². The lowest BCUT2D eigenvalue weighted by molar-refractivity contribution is -0.140. The van der Waals surface area contributed by atoms with Crippen molar-refractivity contribution in [2.24, 2.45) is 0 Å². The molecule has 1 fully saturated rings. The predicted octanol–water partition coefficient (Wildman–Crippen LogP) is 4.98. The third-order valence-electron chi connectivity index (χ3n) is 5.78. The Morgan fingerprint density at radius 1 is 1.09 bits per heavy atom. The summed E-state index contributed by atoms with van der Waals surface area (Å²) in [6.45, 7) is 3.79. The fourth-order valence-electron chi connectivity index (χ4n) is 4.11. The van der Waals surface area contributed by atoms with Crippen LogP contribution in [0.1, 0.15) is 34.0 Å². The van der Waals surface area contributed by atoms with E-state index in [0.29, 0.717) is 27.6 Å². The van der Waals surface area contributed by atoms with Crippen LogP contribution in [0.5, 0.6) is 5.75 Å². The van der Waals surface area contributed by atoms with Crippen LogP contribution in [0.15, 0.2) is 66.4 Å². The maximum absolute atomic E-state index is 13.2. The Morgan fingerprint density at radius 2 is 1.82 bits per heavy atom. The van der Waals surface area contributed by atoms with Crippen molar-refractivity contribution in [1.82, 2.24) is 9.88 Å². The first-order valence-corrected chi connectivity index (χ1v) is 10.8. The molecule has 0 radical (unpaired) electrons. The highest BCUT2D eigenvalue weighted by Gasteiger charge is 2.46. The molecular weight excluding hydrogens is 440 g/mol. The first kappa shape index (κ1) is 22.6. The Bertz CT molecular complexity index is 1250. The Hall–Kier alpha value is -3.64. The normalized spacial score (nSPS) is 17.5. The summed E-state index contributed by atoms with van der Waals surface area (Å²) in [5, 5.41) is 11.9. The zero-order valence-corrected chi connectivity index (χ0v) is 19.3. The maximum atomic E-state index is 13.2. The number of rotatable bonds is 5. The van der Waals surface area contributed by atoms with Crippen molar-refractivity contribution in [3.8, 4) is 5.75 Å². The minimum atomic E-state index is -0.786. The summed E-state index contributed by atoms with van der Waals surface area (Å²) < 4.78 is 5.36. The van der Waals surface area contributed by atoms with Gasteiger partial charge in [0.2, 0.25) is 0 Å². The summed E-state index contributed by atoms with van der Waals surface area (Å²) in [7, 11) is 1.57. The van der Waals surface area contributed by atoms with Gasteiger partial charge in [0.05, 0.1) is 31.0 Å². The number of methoxy groups -OCH3 is 1. The number of pyridine rings is 1. The van der Waals surface area contributed by atoms with Crippen molar-refractivity contribution in [3.05, 3.63) is 99.3 Å². The number of aromatic nitrogens is 1. The van der Waals surface area contributed by atoms with Gasteiger partial charge in [-0.25, -0.2) is 0 Å². The highest BCUT2D eigenvalue weighted by atomic mass is 35.5. The van der Waals surface area contributed by atoms with Gasteiger partial charge in [0.25, 0.3) is 11.7 Å². The predicted molar refractivity (Wildman–Crippen MR) is 126 cm³/mol. The number of Topliss-reactive ketones (excluding diaryl/α,β-unsaturated/α-hetero) is 1. The molecule has 168 valence electrons. The Labute approximate surface area is 197 Å². The summed E-state index contributed by atoms with van der Waals surface area (Å²) in [5.74, 6) is -0.977. The van der Waals surface area contributed by atoms with E-state index in [-0.39, 0.29) is 17.9 Å². The van der Waals surface area contributed by atoms with E-state index >= 15 is 0 Å². The van der Waals surface area contributed by atoms with Crippen LogP contribution in [0.2, 0.25) is 5.02 Å². The van der Waals surface area contributed by atoms with Gasteiger partial charge < -0.3 is 14.7 Å². The quantitative estimate of drug-likeness (QED) is 0.328. The van der Waals surface area contributed by atoms with Gasteiger partial charge in [-0.2, -0.15) is 0 Å². The molecule has 0 bridgehead atoms. The molecule has 1 atom stereocenters. The Balaban J connectivity index is 1.89. The number of aryl methyl sites for hydroxylation is 2. The van der Waals surface area contributed by atoms with Gasteiger partial charge in [-0.05, 0) is 66.9 Å². The zero-order valence-electron chi connectivity index (χ0n) is 18.5. The average molecular weight is 463 g/mol. The molecule has 1 aliphatic heterocycles. The second-order valence-corrected chi connectivity index (χ2v) is 8.37. The number of aliphatic hydroxyl groups is 1. The topological polar surface area (TPSA) is 79.7 Å². The lowest BCUT2D eigenvalue weighted by Crippen LogP contribution is -2.29. The summed E-state index contributed by atoms with van der Waals surface area (Å²) in [5.41, 5.74) is 3.33. The van der Waals surface area contributed by atoms with E-state index in [1.807, 2.05) is 19.9 Å². The van der Waals surface area contributed by atoms with Gasteiger partial charge in [-0.1, -0.05) is 29.8 Å². The zero-order chi connectivity index (χ0) is 23.7. The second kappa shape index (κ2) is 9.08. The molecule has 0 aliphatic carbocycles. The van der Waals surface area contributed by atoms with Crippen LogP contribution >= 0.6 is 11.6 Å². The SMILES string of the molecule is COc1cc(C)c(/C(O)=C2\C(=O)C(=O)N(Cc3ccccn3)C2c2ccc(Cl)cc2)cc1C. The van der Waals surface area contributed by atoms with Crippen LogP contribution in [0, 0.1) is 13.8 Å². The van der Waals surface area contributed by atoms with E-state index in [1.54, 1.807) is 61.8 Å². The van der Waals surface area contributed by atoms with Crippen molar-refractivity contribution < 1.29 is 19.4 Å². The molecule has 1 unspecified atom stereocenters. The van der Waals surface area contributed by atoms with Gasteiger partial charge in [0.15, 0.2) is 0 Å². The Morgan fingerprint density at radius 3 is 2.45 bits per heavy atom.